The molecule has 6 heteroatoms. The van der Waals surface area contributed by atoms with Crippen LogP contribution in [0.3, 0.4) is 0 Å². The summed E-state index contributed by atoms with van der Waals surface area (Å²) in [5, 5.41) is 3.55. The van der Waals surface area contributed by atoms with Crippen molar-refractivity contribution >= 4 is 17.5 Å². The minimum absolute atomic E-state index is 0.204. The first-order valence-electron chi connectivity index (χ1n) is 7.29. The number of carbonyl (C=O) groups is 1. The van der Waals surface area contributed by atoms with Crippen LogP contribution in [0.15, 0.2) is 71.8 Å². The molecule has 2 aromatic heterocycles. The Balaban J connectivity index is 1.94. The molecular weight excluding hydrogens is 326 g/mol. The third-order valence-corrected chi connectivity index (χ3v) is 3.78. The van der Waals surface area contributed by atoms with Crippen molar-refractivity contribution in [1.82, 2.24) is 15.3 Å². The van der Waals surface area contributed by atoms with Gasteiger partial charge >= 0.3 is 0 Å². The van der Waals surface area contributed by atoms with Crippen LogP contribution in [0.4, 0.5) is 0 Å². The number of nitrogens with zero attached hydrogens (tertiary/aromatic N) is 1. The van der Waals surface area contributed by atoms with E-state index in [4.69, 9.17) is 11.6 Å². The molecule has 3 rings (SSSR count). The second-order valence-electron chi connectivity index (χ2n) is 5.17. The predicted octanol–water partition coefficient (Wildman–Crippen LogP) is 2.94. The van der Waals surface area contributed by atoms with Gasteiger partial charge in [0.15, 0.2) is 0 Å². The van der Waals surface area contributed by atoms with E-state index >= 15 is 0 Å². The monoisotopic (exact) mass is 339 g/mol. The molecule has 0 saturated carbocycles. The minimum atomic E-state index is -0.388. The van der Waals surface area contributed by atoms with Gasteiger partial charge in [-0.05, 0) is 41.5 Å². The molecule has 24 heavy (non-hydrogen) atoms. The maximum Gasteiger partial charge on any atom is 0.268 e. The summed E-state index contributed by atoms with van der Waals surface area (Å²) in [6.07, 6.45) is 3.32. The zero-order chi connectivity index (χ0) is 16.9. The topological polar surface area (TPSA) is 74.8 Å². The molecule has 0 unspecified atom stereocenters. The maximum absolute atomic E-state index is 12.5. The number of amides is 1. The molecule has 1 amide bonds. The molecule has 0 fully saturated rings. The maximum atomic E-state index is 12.5. The van der Waals surface area contributed by atoms with Crippen LogP contribution in [0.5, 0.6) is 0 Å². The molecular formula is C18H14ClN3O2. The number of rotatable bonds is 4. The Hall–Kier alpha value is -2.92. The van der Waals surface area contributed by atoms with Gasteiger partial charge < -0.3 is 10.3 Å². The van der Waals surface area contributed by atoms with Crippen molar-refractivity contribution in [2.45, 2.75) is 6.04 Å². The first kappa shape index (κ1) is 16.0. The second-order valence-corrected chi connectivity index (χ2v) is 5.60. The molecule has 0 bridgehead atoms. The van der Waals surface area contributed by atoms with E-state index in [0.717, 1.165) is 11.1 Å². The van der Waals surface area contributed by atoms with E-state index in [9.17, 15) is 9.59 Å². The van der Waals surface area contributed by atoms with Crippen molar-refractivity contribution in [3.05, 3.63) is 99.2 Å². The number of aromatic nitrogens is 2. The van der Waals surface area contributed by atoms with Crippen molar-refractivity contribution in [2.75, 3.05) is 0 Å². The Bertz CT molecular complexity index is 892. The number of H-pyrrole nitrogens is 1. The van der Waals surface area contributed by atoms with Crippen LogP contribution in [-0.4, -0.2) is 15.9 Å². The van der Waals surface area contributed by atoms with Crippen LogP contribution < -0.4 is 10.9 Å². The lowest BCUT2D eigenvalue weighted by molar-refractivity contribution is 0.0937. The number of hydrogen-bond donors (Lipinski definition) is 2. The number of pyridine rings is 2. The van der Waals surface area contributed by atoms with Gasteiger partial charge in [-0.2, -0.15) is 0 Å². The third kappa shape index (κ3) is 3.70. The van der Waals surface area contributed by atoms with Crippen LogP contribution in [0.25, 0.3) is 0 Å². The summed E-state index contributed by atoms with van der Waals surface area (Å²) in [4.78, 5) is 30.4. The number of nitrogens with one attached hydrogen (secondary N) is 2. The molecule has 2 heterocycles. The van der Waals surface area contributed by atoms with Gasteiger partial charge in [-0.1, -0.05) is 29.8 Å². The molecule has 1 atom stereocenters. The molecule has 3 aromatic rings. The number of aromatic amines is 1. The smallest absolute Gasteiger partial charge is 0.268 e. The average Bonchev–Trinajstić information content (AvgIpc) is 2.61. The molecule has 0 spiro atoms. The quantitative estimate of drug-likeness (QED) is 0.767. The van der Waals surface area contributed by atoms with Gasteiger partial charge in [-0.3, -0.25) is 14.6 Å². The average molecular weight is 340 g/mol. The fourth-order valence-electron chi connectivity index (χ4n) is 2.36. The summed E-state index contributed by atoms with van der Waals surface area (Å²) >= 11 is 5.94. The Labute approximate surface area is 143 Å². The van der Waals surface area contributed by atoms with Crippen molar-refractivity contribution in [2.24, 2.45) is 0 Å². The highest BCUT2D eigenvalue weighted by atomic mass is 35.5. The first-order valence-corrected chi connectivity index (χ1v) is 7.67. The SMILES string of the molecule is O=C(N[C@H](c1ccncc1)c1ccc(Cl)cc1)c1cccc(=O)[nH]1. The first-order chi connectivity index (χ1) is 11.6. The van der Waals surface area contributed by atoms with E-state index in [-0.39, 0.29) is 23.2 Å². The number of benzene rings is 1. The molecule has 0 aliphatic heterocycles. The van der Waals surface area contributed by atoms with E-state index in [1.54, 1.807) is 30.6 Å². The molecule has 0 aliphatic rings. The van der Waals surface area contributed by atoms with E-state index in [2.05, 4.69) is 15.3 Å². The zero-order valence-corrected chi connectivity index (χ0v) is 13.3. The Morgan fingerprint density at radius 2 is 1.67 bits per heavy atom. The van der Waals surface area contributed by atoms with E-state index in [1.165, 1.54) is 12.1 Å². The summed E-state index contributed by atoms with van der Waals surface area (Å²) in [6, 6.07) is 14.9. The lowest BCUT2D eigenvalue weighted by atomic mass is 9.99. The van der Waals surface area contributed by atoms with Crippen LogP contribution in [0, 0.1) is 0 Å². The normalized spacial score (nSPS) is 11.7. The van der Waals surface area contributed by atoms with Crippen molar-refractivity contribution in [3.63, 3.8) is 0 Å². The number of carbonyl (C=O) groups excluding carboxylic acids is 1. The van der Waals surface area contributed by atoms with Gasteiger partial charge in [0.2, 0.25) is 5.56 Å². The van der Waals surface area contributed by atoms with Gasteiger partial charge in [-0.25, -0.2) is 0 Å². The highest BCUT2D eigenvalue weighted by molar-refractivity contribution is 6.30. The van der Waals surface area contributed by atoms with Gasteiger partial charge in [0.1, 0.15) is 5.69 Å². The molecule has 2 N–H and O–H groups in total. The molecule has 0 saturated heterocycles. The largest absolute Gasteiger partial charge is 0.340 e. The van der Waals surface area contributed by atoms with Gasteiger partial charge in [0, 0.05) is 23.5 Å². The summed E-state index contributed by atoms with van der Waals surface area (Å²) in [7, 11) is 0. The van der Waals surface area contributed by atoms with E-state index in [0.29, 0.717) is 5.02 Å². The van der Waals surface area contributed by atoms with Gasteiger partial charge in [0.25, 0.3) is 5.91 Å². The molecule has 0 aliphatic carbocycles. The fraction of sp³-hybridized carbons (Fsp3) is 0.0556. The van der Waals surface area contributed by atoms with Crippen molar-refractivity contribution in [1.29, 1.82) is 0 Å². The standard InChI is InChI=1S/C18H14ClN3O2/c19-14-6-4-12(5-7-14)17(13-8-10-20-11-9-13)22-18(24)15-2-1-3-16(23)21-15/h1-11,17H,(H,21,23)(H,22,24)/t17-/m0/s1. The van der Waals surface area contributed by atoms with Crippen LogP contribution in [0.1, 0.15) is 27.7 Å². The Morgan fingerprint density at radius 1 is 1.00 bits per heavy atom. The fourth-order valence-corrected chi connectivity index (χ4v) is 2.49. The summed E-state index contributed by atoms with van der Waals surface area (Å²) in [6.45, 7) is 0. The molecule has 1 aromatic carbocycles. The summed E-state index contributed by atoms with van der Waals surface area (Å²) < 4.78 is 0. The minimum Gasteiger partial charge on any atom is -0.340 e. The van der Waals surface area contributed by atoms with Crippen LogP contribution in [0.2, 0.25) is 5.02 Å². The number of hydrogen-bond acceptors (Lipinski definition) is 3. The second kappa shape index (κ2) is 7.10. The van der Waals surface area contributed by atoms with Crippen LogP contribution >= 0.6 is 11.6 Å². The lowest BCUT2D eigenvalue weighted by Gasteiger charge is -2.19. The van der Waals surface area contributed by atoms with E-state index in [1.807, 2.05) is 24.3 Å². The molecule has 5 nitrogen and oxygen atoms in total. The number of halogens is 1. The van der Waals surface area contributed by atoms with Crippen molar-refractivity contribution in [3.8, 4) is 0 Å². The zero-order valence-electron chi connectivity index (χ0n) is 12.6. The highest BCUT2D eigenvalue weighted by Gasteiger charge is 2.18. The Kier molecular flexibility index (Phi) is 4.72. The third-order valence-electron chi connectivity index (χ3n) is 3.53. The predicted molar refractivity (Wildman–Crippen MR) is 92.1 cm³/mol. The van der Waals surface area contributed by atoms with Crippen molar-refractivity contribution < 1.29 is 4.79 Å². The van der Waals surface area contributed by atoms with Crippen LogP contribution in [-0.2, 0) is 0 Å². The lowest BCUT2D eigenvalue weighted by Crippen LogP contribution is -2.31. The van der Waals surface area contributed by atoms with E-state index < -0.39 is 0 Å². The Morgan fingerprint density at radius 3 is 2.33 bits per heavy atom. The molecule has 120 valence electrons. The summed E-state index contributed by atoms with van der Waals surface area (Å²) in [5.41, 5.74) is 1.63. The van der Waals surface area contributed by atoms with Gasteiger partial charge in [0.05, 0.1) is 6.04 Å². The highest BCUT2D eigenvalue weighted by Crippen LogP contribution is 2.23. The molecule has 0 radical (unpaired) electrons. The summed E-state index contributed by atoms with van der Waals surface area (Å²) in [5.74, 6) is -0.371. The van der Waals surface area contributed by atoms with Gasteiger partial charge in [-0.15, -0.1) is 0 Å².